The molecular weight excluding hydrogens is 398 g/mol. The van der Waals surface area contributed by atoms with Crippen molar-refractivity contribution in [3.8, 4) is 0 Å². The van der Waals surface area contributed by atoms with E-state index in [0.717, 1.165) is 62.9 Å². The molecule has 172 valence electrons. The maximum atomic E-state index is 13.3. The molecule has 2 unspecified atom stereocenters. The first-order chi connectivity index (χ1) is 15.5. The SMILES string of the molecule is CCCCC(CC)C(=O)Nc1ccc(N2CCCC2)c(C(=O)NC(C)c2ccccc2)c1. The second-order valence-corrected chi connectivity index (χ2v) is 8.77. The Hall–Kier alpha value is -2.82. The van der Waals surface area contributed by atoms with E-state index in [-0.39, 0.29) is 23.8 Å². The first-order valence-corrected chi connectivity index (χ1v) is 12.1. The van der Waals surface area contributed by atoms with E-state index in [9.17, 15) is 9.59 Å². The number of anilines is 2. The molecule has 1 aliphatic heterocycles. The molecule has 2 N–H and O–H groups in total. The van der Waals surface area contributed by atoms with Crippen LogP contribution in [0.4, 0.5) is 11.4 Å². The number of nitrogens with zero attached hydrogens (tertiary/aromatic N) is 1. The highest BCUT2D eigenvalue weighted by atomic mass is 16.2. The van der Waals surface area contributed by atoms with Gasteiger partial charge in [-0.2, -0.15) is 0 Å². The van der Waals surface area contributed by atoms with Crippen LogP contribution in [0.2, 0.25) is 0 Å². The lowest BCUT2D eigenvalue weighted by Crippen LogP contribution is -2.30. The Balaban J connectivity index is 1.81. The minimum Gasteiger partial charge on any atom is -0.371 e. The Kier molecular flexibility index (Phi) is 8.72. The number of unbranched alkanes of at least 4 members (excludes halogenated alkanes) is 1. The summed E-state index contributed by atoms with van der Waals surface area (Å²) in [5.41, 5.74) is 3.31. The van der Waals surface area contributed by atoms with Crippen LogP contribution in [0.1, 0.15) is 81.3 Å². The van der Waals surface area contributed by atoms with Crippen LogP contribution in [0.3, 0.4) is 0 Å². The number of carbonyl (C=O) groups excluding carboxylic acids is 2. The molecule has 0 saturated carbocycles. The van der Waals surface area contributed by atoms with Crippen LogP contribution in [-0.4, -0.2) is 24.9 Å². The summed E-state index contributed by atoms with van der Waals surface area (Å²) < 4.78 is 0. The van der Waals surface area contributed by atoms with Gasteiger partial charge in [-0.3, -0.25) is 9.59 Å². The summed E-state index contributed by atoms with van der Waals surface area (Å²) in [7, 11) is 0. The molecule has 2 atom stereocenters. The minimum absolute atomic E-state index is 0.00332. The van der Waals surface area contributed by atoms with E-state index in [2.05, 4.69) is 29.4 Å². The molecule has 1 fully saturated rings. The molecule has 32 heavy (non-hydrogen) atoms. The van der Waals surface area contributed by atoms with E-state index in [0.29, 0.717) is 11.3 Å². The Bertz CT molecular complexity index is 891. The van der Waals surface area contributed by atoms with Crippen molar-refractivity contribution in [3.05, 3.63) is 59.7 Å². The van der Waals surface area contributed by atoms with E-state index < -0.39 is 0 Å². The maximum Gasteiger partial charge on any atom is 0.253 e. The lowest BCUT2D eigenvalue weighted by molar-refractivity contribution is -0.120. The van der Waals surface area contributed by atoms with Crippen molar-refractivity contribution in [1.29, 1.82) is 0 Å². The fraction of sp³-hybridized carbons (Fsp3) is 0.481. The Labute approximate surface area is 192 Å². The lowest BCUT2D eigenvalue weighted by atomic mass is 9.98. The number of carbonyl (C=O) groups is 2. The zero-order valence-corrected chi connectivity index (χ0v) is 19.7. The number of nitrogens with one attached hydrogen (secondary N) is 2. The van der Waals surface area contributed by atoms with Gasteiger partial charge >= 0.3 is 0 Å². The topological polar surface area (TPSA) is 61.4 Å². The third-order valence-corrected chi connectivity index (χ3v) is 6.37. The van der Waals surface area contributed by atoms with Crippen molar-refractivity contribution < 1.29 is 9.59 Å². The van der Waals surface area contributed by atoms with Gasteiger partial charge in [0.05, 0.1) is 11.6 Å². The lowest BCUT2D eigenvalue weighted by Gasteiger charge is -2.23. The summed E-state index contributed by atoms with van der Waals surface area (Å²) in [6.07, 6.45) is 6.11. The second kappa shape index (κ2) is 11.7. The quantitative estimate of drug-likeness (QED) is 0.486. The number of hydrogen-bond donors (Lipinski definition) is 2. The zero-order valence-electron chi connectivity index (χ0n) is 19.7. The summed E-state index contributed by atoms with van der Waals surface area (Å²) >= 11 is 0. The first-order valence-electron chi connectivity index (χ1n) is 12.1. The molecule has 0 radical (unpaired) electrons. The fourth-order valence-electron chi connectivity index (χ4n) is 4.34. The summed E-state index contributed by atoms with van der Waals surface area (Å²) in [6, 6.07) is 15.6. The molecule has 0 aromatic heterocycles. The van der Waals surface area contributed by atoms with Crippen molar-refractivity contribution >= 4 is 23.2 Å². The smallest absolute Gasteiger partial charge is 0.253 e. The monoisotopic (exact) mass is 435 g/mol. The Morgan fingerprint density at radius 1 is 1.03 bits per heavy atom. The van der Waals surface area contributed by atoms with Gasteiger partial charge in [0, 0.05) is 30.4 Å². The van der Waals surface area contributed by atoms with Gasteiger partial charge in [0.2, 0.25) is 5.91 Å². The van der Waals surface area contributed by atoms with Crippen LogP contribution in [0.25, 0.3) is 0 Å². The normalized spacial score (nSPS) is 15.3. The summed E-state index contributed by atoms with van der Waals surface area (Å²) in [4.78, 5) is 28.4. The number of hydrogen-bond acceptors (Lipinski definition) is 3. The maximum absolute atomic E-state index is 13.3. The van der Waals surface area contributed by atoms with Crippen LogP contribution in [0.15, 0.2) is 48.5 Å². The summed E-state index contributed by atoms with van der Waals surface area (Å²) in [5.74, 6) is -0.0696. The van der Waals surface area contributed by atoms with E-state index >= 15 is 0 Å². The molecule has 2 aromatic carbocycles. The third-order valence-electron chi connectivity index (χ3n) is 6.37. The Morgan fingerprint density at radius 2 is 1.75 bits per heavy atom. The van der Waals surface area contributed by atoms with Gasteiger partial charge in [0.25, 0.3) is 5.91 Å². The highest BCUT2D eigenvalue weighted by molar-refractivity contribution is 6.02. The van der Waals surface area contributed by atoms with Crippen LogP contribution < -0.4 is 15.5 Å². The third kappa shape index (κ3) is 6.12. The van der Waals surface area contributed by atoms with Crippen molar-refractivity contribution in [2.24, 2.45) is 5.92 Å². The molecule has 2 aromatic rings. The van der Waals surface area contributed by atoms with Crippen molar-refractivity contribution in [2.45, 2.75) is 65.3 Å². The van der Waals surface area contributed by atoms with Gasteiger partial charge in [-0.15, -0.1) is 0 Å². The molecule has 1 saturated heterocycles. The number of rotatable bonds is 10. The molecule has 0 aliphatic carbocycles. The summed E-state index contributed by atoms with van der Waals surface area (Å²) in [6.45, 7) is 8.10. The predicted octanol–water partition coefficient (Wildman–Crippen LogP) is 5.93. The number of benzene rings is 2. The van der Waals surface area contributed by atoms with Gasteiger partial charge in [-0.25, -0.2) is 0 Å². The molecule has 1 aliphatic rings. The Morgan fingerprint density at radius 3 is 2.41 bits per heavy atom. The number of amides is 2. The molecule has 5 nitrogen and oxygen atoms in total. The average Bonchev–Trinajstić information content (AvgIpc) is 3.35. The molecule has 0 spiro atoms. The van der Waals surface area contributed by atoms with Crippen molar-refractivity contribution in [1.82, 2.24) is 5.32 Å². The van der Waals surface area contributed by atoms with Crippen LogP contribution >= 0.6 is 0 Å². The molecular formula is C27H37N3O2. The summed E-state index contributed by atoms with van der Waals surface area (Å²) in [5, 5.41) is 6.20. The van der Waals surface area contributed by atoms with Crippen molar-refractivity contribution in [3.63, 3.8) is 0 Å². The van der Waals surface area contributed by atoms with Gasteiger partial charge in [-0.05, 0) is 56.4 Å². The van der Waals surface area contributed by atoms with Crippen LogP contribution in [-0.2, 0) is 4.79 Å². The molecule has 5 heteroatoms. The fourth-order valence-corrected chi connectivity index (χ4v) is 4.34. The molecule has 2 amide bonds. The van der Waals surface area contributed by atoms with E-state index in [1.807, 2.05) is 55.5 Å². The van der Waals surface area contributed by atoms with E-state index in [1.165, 1.54) is 0 Å². The standard InChI is InChI=1S/C27H37N3O2/c1-4-6-12-21(5-2)26(31)29-23-15-16-25(30-17-10-11-18-30)24(19-23)27(32)28-20(3)22-13-8-7-9-14-22/h7-9,13-16,19-21H,4-6,10-12,17-18H2,1-3H3,(H,28,32)(H,29,31). The van der Waals surface area contributed by atoms with E-state index in [1.54, 1.807) is 0 Å². The van der Waals surface area contributed by atoms with Gasteiger partial charge in [0.15, 0.2) is 0 Å². The van der Waals surface area contributed by atoms with Crippen LogP contribution in [0, 0.1) is 5.92 Å². The molecule has 0 bridgehead atoms. The zero-order chi connectivity index (χ0) is 22.9. The highest BCUT2D eigenvalue weighted by Crippen LogP contribution is 2.29. The minimum atomic E-state index is -0.114. The molecule has 1 heterocycles. The second-order valence-electron chi connectivity index (χ2n) is 8.77. The van der Waals surface area contributed by atoms with Crippen molar-refractivity contribution in [2.75, 3.05) is 23.3 Å². The predicted molar refractivity (Wildman–Crippen MR) is 132 cm³/mol. The van der Waals surface area contributed by atoms with Crippen LogP contribution in [0.5, 0.6) is 0 Å². The van der Waals surface area contributed by atoms with Gasteiger partial charge < -0.3 is 15.5 Å². The van der Waals surface area contributed by atoms with E-state index in [4.69, 9.17) is 0 Å². The average molecular weight is 436 g/mol. The molecule has 3 rings (SSSR count). The van der Waals surface area contributed by atoms with Gasteiger partial charge in [-0.1, -0.05) is 57.0 Å². The van der Waals surface area contributed by atoms with Gasteiger partial charge in [0.1, 0.15) is 0 Å². The highest BCUT2D eigenvalue weighted by Gasteiger charge is 2.23. The first kappa shape index (κ1) is 23.8. The largest absolute Gasteiger partial charge is 0.371 e.